The van der Waals surface area contributed by atoms with E-state index in [0.29, 0.717) is 0 Å². The number of nitrogens with zero attached hydrogens (tertiary/aromatic N) is 2. The van der Waals surface area contributed by atoms with Crippen molar-refractivity contribution >= 4 is 43.8 Å². The highest BCUT2D eigenvalue weighted by Gasteiger charge is 2.27. The molecule has 0 amide bonds. The van der Waals surface area contributed by atoms with Crippen LogP contribution in [-0.2, 0) is 10.0 Å². The molecule has 0 atom stereocenters. The van der Waals surface area contributed by atoms with Crippen molar-refractivity contribution in [1.29, 1.82) is 0 Å². The van der Waals surface area contributed by atoms with E-state index >= 15 is 0 Å². The van der Waals surface area contributed by atoms with Crippen molar-refractivity contribution in [2.45, 2.75) is 4.90 Å². The molecule has 8 heteroatoms. The van der Waals surface area contributed by atoms with Crippen LogP contribution in [0, 0.1) is 10.1 Å². The summed E-state index contributed by atoms with van der Waals surface area (Å²) in [5, 5.41) is 12.8. The van der Waals surface area contributed by atoms with Crippen LogP contribution in [0.15, 0.2) is 78.2 Å². The lowest BCUT2D eigenvalue weighted by molar-refractivity contribution is -0.384. The molecule has 3 aromatic rings. The molecular weight excluding hydrogens is 388 g/mol. The Bertz CT molecular complexity index is 1150. The van der Waals surface area contributed by atoms with E-state index < -0.39 is 14.9 Å². The molecule has 0 radical (unpaired) electrons. The number of fused-ring (bicyclic) bond motifs is 1. The molecule has 138 valence electrons. The number of halogens is 1. The Hall–Kier alpha value is -2.90. The summed E-state index contributed by atoms with van der Waals surface area (Å²) in [4.78, 5) is 10.5. The maximum absolute atomic E-state index is 13.2. The number of non-ortho nitro benzene ring substituents is 1. The number of benzene rings is 3. The molecule has 6 nitrogen and oxygen atoms in total. The van der Waals surface area contributed by atoms with E-state index in [1.807, 2.05) is 24.3 Å². The second-order valence-electron chi connectivity index (χ2n) is 5.73. The third-order valence-electron chi connectivity index (χ3n) is 4.01. The Kier molecular flexibility index (Phi) is 5.16. The fourth-order valence-corrected chi connectivity index (χ4v) is 4.46. The zero-order valence-electron chi connectivity index (χ0n) is 14.1. The van der Waals surface area contributed by atoms with Crippen LogP contribution in [-0.4, -0.2) is 19.9 Å². The Morgan fingerprint density at radius 1 is 1.07 bits per heavy atom. The molecule has 27 heavy (non-hydrogen) atoms. The first kappa shape index (κ1) is 18.9. The summed E-state index contributed by atoms with van der Waals surface area (Å²) in [6.45, 7) is 3.50. The molecule has 0 unspecified atom stereocenters. The number of sulfonamides is 1. The minimum Gasteiger partial charge on any atom is -0.261 e. The first-order valence-electron chi connectivity index (χ1n) is 7.91. The molecule has 0 spiro atoms. The summed E-state index contributed by atoms with van der Waals surface area (Å²) >= 11 is 6.16. The van der Waals surface area contributed by atoms with E-state index in [2.05, 4.69) is 6.58 Å². The van der Waals surface area contributed by atoms with E-state index in [-0.39, 0.29) is 27.8 Å². The highest BCUT2D eigenvalue weighted by molar-refractivity contribution is 7.92. The van der Waals surface area contributed by atoms with Gasteiger partial charge in [-0.25, -0.2) is 8.42 Å². The Morgan fingerprint density at radius 2 is 1.78 bits per heavy atom. The van der Waals surface area contributed by atoms with Crippen LogP contribution in [0.3, 0.4) is 0 Å². The van der Waals surface area contributed by atoms with Gasteiger partial charge in [0.1, 0.15) is 0 Å². The predicted molar refractivity (Wildman–Crippen MR) is 107 cm³/mol. The molecule has 3 aromatic carbocycles. The molecule has 0 aliphatic heterocycles. The number of hydrogen-bond acceptors (Lipinski definition) is 4. The zero-order chi connectivity index (χ0) is 19.6. The second-order valence-corrected chi connectivity index (χ2v) is 8.00. The Balaban J connectivity index is 2.16. The van der Waals surface area contributed by atoms with Crippen LogP contribution in [0.25, 0.3) is 10.8 Å². The lowest BCUT2D eigenvalue weighted by Gasteiger charge is -2.24. The maximum Gasteiger partial charge on any atom is 0.271 e. The number of hydrogen-bond donors (Lipinski definition) is 0. The van der Waals surface area contributed by atoms with Crippen LogP contribution in [0.1, 0.15) is 0 Å². The van der Waals surface area contributed by atoms with Crippen LogP contribution in [0.4, 0.5) is 11.4 Å². The topological polar surface area (TPSA) is 80.5 Å². The number of nitro groups is 1. The SMILES string of the molecule is C=CCN(c1cc([N+](=O)[O-])ccc1Cl)S(=O)(=O)c1ccc2ccccc2c1. The van der Waals surface area contributed by atoms with Crippen LogP contribution in [0.5, 0.6) is 0 Å². The van der Waals surface area contributed by atoms with Gasteiger partial charge in [-0.05, 0) is 29.0 Å². The van der Waals surface area contributed by atoms with Gasteiger partial charge < -0.3 is 0 Å². The van der Waals surface area contributed by atoms with Gasteiger partial charge in [0, 0.05) is 12.1 Å². The largest absolute Gasteiger partial charge is 0.271 e. The summed E-state index contributed by atoms with van der Waals surface area (Å²) < 4.78 is 27.5. The van der Waals surface area contributed by atoms with Gasteiger partial charge in [-0.15, -0.1) is 6.58 Å². The monoisotopic (exact) mass is 402 g/mol. The summed E-state index contributed by atoms with van der Waals surface area (Å²) in [6.07, 6.45) is 1.40. The molecule has 0 saturated heterocycles. The quantitative estimate of drug-likeness (QED) is 0.337. The van der Waals surface area contributed by atoms with E-state index in [1.165, 1.54) is 24.3 Å². The van der Waals surface area contributed by atoms with Crippen molar-refractivity contribution in [3.8, 4) is 0 Å². The van der Waals surface area contributed by atoms with Gasteiger partial charge in [0.25, 0.3) is 15.7 Å². The molecule has 0 N–H and O–H groups in total. The van der Waals surface area contributed by atoms with E-state index in [1.54, 1.807) is 12.1 Å². The van der Waals surface area contributed by atoms with Crippen molar-refractivity contribution in [2.75, 3.05) is 10.8 Å². The molecule has 0 heterocycles. The number of anilines is 1. The van der Waals surface area contributed by atoms with E-state index in [9.17, 15) is 18.5 Å². The molecule has 0 bridgehead atoms. The van der Waals surface area contributed by atoms with Crippen LogP contribution >= 0.6 is 11.6 Å². The fraction of sp³-hybridized carbons (Fsp3) is 0.0526. The summed E-state index contributed by atoms with van der Waals surface area (Å²) in [6, 6.07) is 15.8. The number of nitro benzene ring substituents is 1. The summed E-state index contributed by atoms with van der Waals surface area (Å²) in [5.74, 6) is 0. The zero-order valence-corrected chi connectivity index (χ0v) is 15.7. The lowest BCUT2D eigenvalue weighted by atomic mass is 10.1. The maximum atomic E-state index is 13.2. The van der Waals surface area contributed by atoms with Crippen molar-refractivity contribution in [1.82, 2.24) is 0 Å². The molecular formula is C19H15ClN2O4S. The smallest absolute Gasteiger partial charge is 0.261 e. The molecule has 0 aliphatic carbocycles. The van der Waals surface area contributed by atoms with Gasteiger partial charge in [-0.2, -0.15) is 0 Å². The minimum absolute atomic E-state index is 0.0268. The Labute approximate surface area is 161 Å². The van der Waals surface area contributed by atoms with Crippen molar-refractivity contribution in [3.05, 3.63) is 88.5 Å². The third kappa shape index (κ3) is 3.65. The third-order valence-corrected chi connectivity index (χ3v) is 6.11. The average Bonchev–Trinajstić information content (AvgIpc) is 2.66. The van der Waals surface area contributed by atoms with Crippen molar-refractivity contribution in [3.63, 3.8) is 0 Å². The van der Waals surface area contributed by atoms with Gasteiger partial charge in [-0.3, -0.25) is 14.4 Å². The summed E-state index contributed by atoms with van der Waals surface area (Å²) in [5.41, 5.74) is -0.226. The first-order chi connectivity index (χ1) is 12.8. The minimum atomic E-state index is -4.02. The van der Waals surface area contributed by atoms with Crippen LogP contribution < -0.4 is 4.31 Å². The van der Waals surface area contributed by atoms with E-state index in [0.717, 1.165) is 21.1 Å². The van der Waals surface area contributed by atoms with Crippen molar-refractivity contribution < 1.29 is 13.3 Å². The van der Waals surface area contributed by atoms with Crippen LogP contribution in [0.2, 0.25) is 5.02 Å². The average molecular weight is 403 g/mol. The molecule has 3 rings (SSSR count). The highest BCUT2D eigenvalue weighted by atomic mass is 35.5. The molecule has 0 aliphatic rings. The standard InChI is InChI=1S/C19H15ClN2O4S/c1-2-11-21(19-13-16(22(23)24)8-10-18(19)20)27(25,26)17-9-7-14-5-3-4-6-15(14)12-17/h2-10,12-13H,1,11H2. The second kappa shape index (κ2) is 7.38. The normalized spacial score (nSPS) is 11.3. The van der Waals surface area contributed by atoms with Gasteiger partial charge in [0.15, 0.2) is 0 Å². The molecule has 0 aromatic heterocycles. The highest BCUT2D eigenvalue weighted by Crippen LogP contribution is 2.34. The number of rotatable bonds is 6. The van der Waals surface area contributed by atoms with Gasteiger partial charge in [0.05, 0.1) is 27.1 Å². The van der Waals surface area contributed by atoms with Crippen molar-refractivity contribution in [2.24, 2.45) is 0 Å². The molecule has 0 fully saturated rings. The molecule has 0 saturated carbocycles. The van der Waals surface area contributed by atoms with Gasteiger partial charge >= 0.3 is 0 Å². The summed E-state index contributed by atoms with van der Waals surface area (Å²) in [7, 11) is -4.02. The lowest BCUT2D eigenvalue weighted by Crippen LogP contribution is -2.31. The Morgan fingerprint density at radius 3 is 2.44 bits per heavy atom. The first-order valence-corrected chi connectivity index (χ1v) is 9.73. The van der Waals surface area contributed by atoms with Gasteiger partial charge in [-0.1, -0.05) is 48.0 Å². The van der Waals surface area contributed by atoms with Gasteiger partial charge in [0.2, 0.25) is 0 Å². The fourth-order valence-electron chi connectivity index (χ4n) is 2.70. The predicted octanol–water partition coefficient (Wildman–Crippen LogP) is 4.78. The van der Waals surface area contributed by atoms with E-state index in [4.69, 9.17) is 11.6 Å².